The summed E-state index contributed by atoms with van der Waals surface area (Å²) in [6, 6.07) is 17.2. The Balaban J connectivity index is 1.40. The van der Waals surface area contributed by atoms with Crippen LogP contribution in [0.25, 0.3) is 0 Å². The molecule has 2 aromatic rings. The first-order valence-corrected chi connectivity index (χ1v) is 27.2. The molecule has 0 aliphatic carbocycles. The molecule has 16 heteroatoms. The number of carbonyl (C=O) groups excluding carboxylic acids is 4. The number of rotatable bonds is 20. The van der Waals surface area contributed by atoms with Gasteiger partial charge in [0.25, 0.3) is 0 Å². The SMILES string of the molecule is C=C1C[C@H]2C[C@H]3C[C@@H](OC(C)=O)C[C@@H](C[C@@H](OCc4ccc(OC)cc4)CC(=O)O[C@@H]([C@@H](C)OCOCc4ccccc4)C[C@@H]4CC(=CC(=O)OC)[C@H](OC(=O)CCCCCCC)[C@@](OC)(O4)C(C)(C)C=C[C@@H](C1)O2)O3. The van der Waals surface area contributed by atoms with Crippen LogP contribution in [0, 0.1) is 5.41 Å². The van der Waals surface area contributed by atoms with E-state index >= 15 is 0 Å². The number of hydrogen-bond donors (Lipinski definition) is 0. The second-order valence-corrected chi connectivity index (χ2v) is 21.3. The molecule has 420 valence electrons. The number of hydrogen-bond acceptors (Lipinski definition) is 16. The minimum Gasteiger partial charge on any atom is -0.497 e. The zero-order valence-corrected chi connectivity index (χ0v) is 46.2. The van der Waals surface area contributed by atoms with Gasteiger partial charge in [-0.05, 0) is 61.4 Å². The molecule has 6 rings (SSSR count). The number of cyclic esters (lactones) is 1. The highest BCUT2D eigenvalue weighted by Crippen LogP contribution is 2.49. The van der Waals surface area contributed by atoms with Crippen molar-refractivity contribution in [3.05, 3.63) is 102 Å². The Bertz CT molecular complexity index is 2220. The second-order valence-electron chi connectivity index (χ2n) is 21.3. The van der Waals surface area contributed by atoms with Crippen LogP contribution in [-0.4, -0.2) is 119 Å². The smallest absolute Gasteiger partial charge is 0.330 e. The Morgan fingerprint density at radius 1 is 0.789 bits per heavy atom. The Kier molecular flexibility index (Phi) is 23.6. The van der Waals surface area contributed by atoms with Gasteiger partial charge in [0.05, 0.1) is 76.6 Å². The van der Waals surface area contributed by atoms with Gasteiger partial charge in [-0.3, -0.25) is 14.4 Å². The van der Waals surface area contributed by atoms with Gasteiger partial charge in [-0.1, -0.05) is 113 Å². The normalized spacial score (nSPS) is 29.1. The first kappa shape index (κ1) is 60.3. The predicted molar refractivity (Wildman–Crippen MR) is 283 cm³/mol. The van der Waals surface area contributed by atoms with Crippen LogP contribution in [0.2, 0.25) is 0 Å². The topological polar surface area (TPSA) is 179 Å². The van der Waals surface area contributed by atoms with Gasteiger partial charge < -0.3 is 56.8 Å². The zero-order chi connectivity index (χ0) is 54.7. The highest BCUT2D eigenvalue weighted by Gasteiger charge is 2.59. The maximum absolute atomic E-state index is 14.6. The summed E-state index contributed by atoms with van der Waals surface area (Å²) in [5, 5.41) is 0. The molecule has 0 saturated carbocycles. The number of methoxy groups -OCH3 is 3. The zero-order valence-electron chi connectivity index (χ0n) is 46.2. The highest BCUT2D eigenvalue weighted by molar-refractivity contribution is 5.83. The van der Waals surface area contributed by atoms with Crippen molar-refractivity contribution in [3.63, 3.8) is 0 Å². The number of ether oxygens (including phenoxy) is 12. The Labute approximate surface area is 450 Å². The van der Waals surface area contributed by atoms with E-state index in [0.717, 1.165) is 42.4 Å². The fraction of sp³-hybridized carbons (Fsp3) is 0.633. The summed E-state index contributed by atoms with van der Waals surface area (Å²) in [6.07, 6.45) is 6.35. The quantitative estimate of drug-likeness (QED) is 0.0305. The van der Waals surface area contributed by atoms with Gasteiger partial charge in [-0.15, -0.1) is 0 Å². The summed E-state index contributed by atoms with van der Waals surface area (Å²) in [4.78, 5) is 54.4. The van der Waals surface area contributed by atoms with Gasteiger partial charge >= 0.3 is 23.9 Å². The summed E-state index contributed by atoms with van der Waals surface area (Å²) in [5.74, 6) is -3.14. The maximum atomic E-state index is 14.6. The van der Waals surface area contributed by atoms with Crippen LogP contribution in [0.15, 0.2) is 90.6 Å². The summed E-state index contributed by atoms with van der Waals surface area (Å²) in [7, 11) is 4.38. The van der Waals surface area contributed by atoms with Crippen LogP contribution in [0.3, 0.4) is 0 Å². The molecule has 16 nitrogen and oxygen atoms in total. The predicted octanol–water partition coefficient (Wildman–Crippen LogP) is 10.3. The highest BCUT2D eigenvalue weighted by atomic mass is 16.7. The minimum absolute atomic E-state index is 0.0508. The molecule has 6 bridgehead atoms. The molecule has 0 radical (unpaired) electrons. The molecule has 11 atom stereocenters. The first-order valence-electron chi connectivity index (χ1n) is 27.2. The van der Waals surface area contributed by atoms with Crippen molar-refractivity contribution in [2.45, 2.75) is 211 Å². The van der Waals surface area contributed by atoms with Crippen molar-refractivity contribution >= 4 is 23.9 Å². The molecule has 4 aliphatic heterocycles. The van der Waals surface area contributed by atoms with Crippen LogP contribution >= 0.6 is 0 Å². The molecule has 4 aliphatic rings. The largest absolute Gasteiger partial charge is 0.497 e. The summed E-state index contributed by atoms with van der Waals surface area (Å²) in [6.45, 7) is 13.9. The van der Waals surface area contributed by atoms with Gasteiger partial charge in [0.2, 0.25) is 5.79 Å². The van der Waals surface area contributed by atoms with E-state index in [4.69, 9.17) is 56.8 Å². The lowest BCUT2D eigenvalue weighted by molar-refractivity contribution is -0.338. The Morgan fingerprint density at radius 3 is 2.20 bits per heavy atom. The number of esters is 4. The molecule has 0 unspecified atom stereocenters. The molecular weight excluding hydrogens is 977 g/mol. The van der Waals surface area contributed by atoms with Crippen LogP contribution in [0.1, 0.15) is 142 Å². The van der Waals surface area contributed by atoms with Gasteiger partial charge in [0, 0.05) is 64.0 Å². The minimum atomic E-state index is -1.76. The fourth-order valence-corrected chi connectivity index (χ4v) is 10.7. The van der Waals surface area contributed by atoms with Crippen molar-refractivity contribution in [2.24, 2.45) is 5.41 Å². The molecule has 4 heterocycles. The third kappa shape index (κ3) is 18.1. The molecule has 3 fully saturated rings. The summed E-state index contributed by atoms with van der Waals surface area (Å²) < 4.78 is 75.6. The Morgan fingerprint density at radius 2 is 1.50 bits per heavy atom. The molecule has 2 aromatic carbocycles. The molecule has 0 spiro atoms. The average Bonchev–Trinajstić information content (AvgIpc) is 3.43. The van der Waals surface area contributed by atoms with Gasteiger partial charge in [0.1, 0.15) is 24.8 Å². The number of unbranched alkanes of at least 4 members (excludes halogenated alkanes) is 4. The van der Waals surface area contributed by atoms with E-state index in [1.807, 2.05) is 80.6 Å². The lowest BCUT2D eigenvalue weighted by Gasteiger charge is -2.53. The third-order valence-electron chi connectivity index (χ3n) is 14.7. The summed E-state index contributed by atoms with van der Waals surface area (Å²) >= 11 is 0. The van der Waals surface area contributed by atoms with Crippen molar-refractivity contribution in [3.8, 4) is 5.75 Å². The van der Waals surface area contributed by atoms with E-state index < -0.39 is 77.9 Å². The van der Waals surface area contributed by atoms with Gasteiger partial charge in [-0.2, -0.15) is 0 Å². The Hall–Kier alpha value is -4.94. The number of carbonyl (C=O) groups is 4. The van der Waals surface area contributed by atoms with E-state index in [0.29, 0.717) is 56.5 Å². The van der Waals surface area contributed by atoms with Crippen LogP contribution in [0.5, 0.6) is 5.75 Å². The summed E-state index contributed by atoms with van der Waals surface area (Å²) in [5.41, 5.74) is 2.12. The van der Waals surface area contributed by atoms with Crippen molar-refractivity contribution < 1.29 is 76.0 Å². The lowest BCUT2D eigenvalue weighted by Crippen LogP contribution is -2.63. The van der Waals surface area contributed by atoms with Crippen molar-refractivity contribution in [1.82, 2.24) is 0 Å². The van der Waals surface area contributed by atoms with E-state index in [1.54, 1.807) is 14.0 Å². The van der Waals surface area contributed by atoms with E-state index in [1.165, 1.54) is 27.2 Å². The number of benzene rings is 2. The van der Waals surface area contributed by atoms with E-state index in [-0.39, 0.29) is 63.7 Å². The molecule has 0 amide bonds. The van der Waals surface area contributed by atoms with Crippen LogP contribution in [0.4, 0.5) is 0 Å². The fourth-order valence-electron chi connectivity index (χ4n) is 10.7. The molecule has 3 saturated heterocycles. The van der Waals surface area contributed by atoms with Gasteiger partial charge in [0.15, 0.2) is 6.10 Å². The molecular formula is C60H84O16. The first-order chi connectivity index (χ1) is 36.5. The molecule has 0 N–H and O–H groups in total. The van der Waals surface area contributed by atoms with Crippen LogP contribution < -0.4 is 4.74 Å². The van der Waals surface area contributed by atoms with E-state index in [2.05, 4.69) is 13.5 Å². The monoisotopic (exact) mass is 1060 g/mol. The van der Waals surface area contributed by atoms with Crippen molar-refractivity contribution in [1.29, 1.82) is 0 Å². The van der Waals surface area contributed by atoms with Crippen LogP contribution in [-0.2, 0) is 84.5 Å². The van der Waals surface area contributed by atoms with Crippen molar-refractivity contribution in [2.75, 3.05) is 28.1 Å². The maximum Gasteiger partial charge on any atom is 0.330 e. The number of fused-ring (bicyclic) bond motifs is 6. The molecule has 76 heavy (non-hydrogen) atoms. The van der Waals surface area contributed by atoms with Gasteiger partial charge in [-0.25, -0.2) is 4.79 Å². The average molecular weight is 1060 g/mol. The standard InChI is InChI=1S/C60H84O16/c1-10-11-12-13-17-20-55(62)75-58-45(30-56(63)66-8)29-53-35-54(41(3)70-39-68-37-43-18-15-14-16-19-43)74-57(64)36-48(69-38-44-21-23-46(65-7)24-22-44)31-51-33-50(71-42(4)61)34-52(73-51)32-49-28-40(2)27-47(72-49)25-26-59(5,6)60(58,67-9)76-53/h14-16,18-19,21-26,30,41,47-54,58H,2,10-13,17,20,27-29,31-39H2,1,3-9H3/t41-,47+,48-,49+,50+,51-,52+,53+,54-,58+,60-/m1/s1. The van der Waals surface area contributed by atoms with E-state index in [9.17, 15) is 19.2 Å². The lowest BCUT2D eigenvalue weighted by atomic mass is 9.73. The molecule has 0 aromatic heterocycles. The second kappa shape index (κ2) is 29.7. The third-order valence-corrected chi connectivity index (χ3v) is 14.7.